The first kappa shape index (κ1) is 17.4. The van der Waals surface area contributed by atoms with Crippen LogP contribution in [-0.4, -0.2) is 55.2 Å². The summed E-state index contributed by atoms with van der Waals surface area (Å²) < 4.78 is 5.35. The number of aryl methyl sites for hydroxylation is 1. The van der Waals surface area contributed by atoms with Gasteiger partial charge < -0.3 is 10.1 Å². The lowest BCUT2D eigenvalue weighted by Crippen LogP contribution is -2.38. The molecule has 1 fully saturated rings. The number of ether oxygens (including phenoxy) is 1. The van der Waals surface area contributed by atoms with Crippen molar-refractivity contribution in [3.63, 3.8) is 0 Å². The molecule has 1 amide bonds. The van der Waals surface area contributed by atoms with Crippen LogP contribution in [0.5, 0.6) is 0 Å². The number of nitrogens with one attached hydrogen (secondary N) is 1. The third kappa shape index (κ3) is 3.87. The number of nitrogens with zero attached hydrogens (tertiary/aromatic N) is 2. The van der Waals surface area contributed by atoms with Crippen LogP contribution in [0.25, 0.3) is 21.1 Å². The minimum Gasteiger partial charge on any atom is -0.379 e. The number of hydrogen-bond donors (Lipinski definition) is 1. The monoisotopic (exact) mass is 369 g/mol. The summed E-state index contributed by atoms with van der Waals surface area (Å²) in [4.78, 5) is 21.2. The molecule has 3 heterocycles. The number of thiophene rings is 1. The summed E-state index contributed by atoms with van der Waals surface area (Å²) in [7, 11) is 0. The number of rotatable bonds is 5. The number of fused-ring (bicyclic) bond motifs is 2. The van der Waals surface area contributed by atoms with Crippen molar-refractivity contribution >= 4 is 38.4 Å². The molecule has 1 aromatic carbocycles. The van der Waals surface area contributed by atoms with Crippen LogP contribution in [0.2, 0.25) is 0 Å². The summed E-state index contributed by atoms with van der Waals surface area (Å²) >= 11 is 1.46. The molecule has 0 bridgehead atoms. The zero-order chi connectivity index (χ0) is 17.9. The molecular formula is C20H23N3O2S. The van der Waals surface area contributed by atoms with Gasteiger partial charge in [-0.25, -0.2) is 4.98 Å². The van der Waals surface area contributed by atoms with Crippen molar-refractivity contribution in [1.29, 1.82) is 0 Å². The van der Waals surface area contributed by atoms with Gasteiger partial charge in [0.2, 0.25) is 0 Å². The van der Waals surface area contributed by atoms with Gasteiger partial charge in [-0.3, -0.25) is 9.69 Å². The van der Waals surface area contributed by atoms with E-state index in [0.29, 0.717) is 6.54 Å². The molecule has 0 saturated carbocycles. The molecule has 0 aliphatic carbocycles. The number of aromatic nitrogens is 1. The molecule has 4 rings (SSSR count). The zero-order valence-electron chi connectivity index (χ0n) is 15.0. The number of hydrogen-bond acceptors (Lipinski definition) is 5. The first-order valence-electron chi connectivity index (χ1n) is 9.08. The average Bonchev–Trinajstić information content (AvgIpc) is 3.07. The van der Waals surface area contributed by atoms with Gasteiger partial charge >= 0.3 is 0 Å². The molecule has 0 atom stereocenters. The van der Waals surface area contributed by atoms with Gasteiger partial charge in [-0.1, -0.05) is 12.1 Å². The molecule has 5 nitrogen and oxygen atoms in total. The Morgan fingerprint density at radius 2 is 2.08 bits per heavy atom. The lowest BCUT2D eigenvalue weighted by atomic mass is 10.1. The van der Waals surface area contributed by atoms with Crippen molar-refractivity contribution in [3.8, 4) is 0 Å². The van der Waals surface area contributed by atoms with Crippen molar-refractivity contribution in [1.82, 2.24) is 15.2 Å². The number of carbonyl (C=O) groups is 1. The van der Waals surface area contributed by atoms with Crippen molar-refractivity contribution < 1.29 is 9.53 Å². The Labute approximate surface area is 157 Å². The van der Waals surface area contributed by atoms with E-state index >= 15 is 0 Å². The second-order valence-corrected chi connectivity index (χ2v) is 7.78. The number of amides is 1. The highest BCUT2D eigenvalue weighted by Crippen LogP contribution is 2.27. The predicted octanol–water partition coefficient (Wildman–Crippen LogP) is 3.21. The maximum Gasteiger partial charge on any atom is 0.261 e. The van der Waals surface area contributed by atoms with Crippen molar-refractivity contribution in [3.05, 3.63) is 40.8 Å². The van der Waals surface area contributed by atoms with Gasteiger partial charge in [-0.15, -0.1) is 11.3 Å². The summed E-state index contributed by atoms with van der Waals surface area (Å²) in [6, 6.07) is 10.3. The average molecular weight is 369 g/mol. The number of pyridine rings is 1. The largest absolute Gasteiger partial charge is 0.379 e. The van der Waals surface area contributed by atoms with Crippen molar-refractivity contribution in [2.45, 2.75) is 13.3 Å². The van der Waals surface area contributed by atoms with Crippen molar-refractivity contribution in [2.75, 3.05) is 39.4 Å². The first-order valence-corrected chi connectivity index (χ1v) is 9.90. The topological polar surface area (TPSA) is 54.5 Å². The predicted molar refractivity (Wildman–Crippen MR) is 106 cm³/mol. The highest BCUT2D eigenvalue weighted by atomic mass is 32.1. The standard InChI is InChI=1S/C20H23N3O2S/c1-14-3-4-15-12-16-13-18(26-20(16)22-17(15)11-14)19(24)21-5-2-6-23-7-9-25-10-8-23/h3-4,11-13H,2,5-10H2,1H3,(H,21,24). The highest BCUT2D eigenvalue weighted by Gasteiger charge is 2.13. The molecule has 6 heteroatoms. The fraction of sp³-hybridized carbons (Fsp3) is 0.400. The van der Waals surface area contributed by atoms with E-state index in [0.717, 1.165) is 65.3 Å². The molecule has 1 aliphatic rings. The van der Waals surface area contributed by atoms with Gasteiger partial charge in [0.25, 0.3) is 5.91 Å². The molecule has 1 aliphatic heterocycles. The molecule has 1 N–H and O–H groups in total. The number of morpholine rings is 1. The molecule has 136 valence electrons. The second kappa shape index (κ2) is 7.70. The van der Waals surface area contributed by atoms with E-state index in [-0.39, 0.29) is 5.91 Å². The zero-order valence-corrected chi connectivity index (χ0v) is 15.8. The summed E-state index contributed by atoms with van der Waals surface area (Å²) in [6.45, 7) is 7.37. The van der Waals surface area contributed by atoms with Gasteiger partial charge in [-0.2, -0.15) is 0 Å². The third-order valence-electron chi connectivity index (χ3n) is 4.72. The van der Waals surface area contributed by atoms with Gasteiger partial charge in [0.1, 0.15) is 4.83 Å². The van der Waals surface area contributed by atoms with E-state index in [1.807, 2.05) is 6.07 Å². The molecule has 3 aromatic rings. The van der Waals surface area contributed by atoms with E-state index < -0.39 is 0 Å². The molecule has 1 saturated heterocycles. The number of benzene rings is 1. The SMILES string of the molecule is Cc1ccc2cc3cc(C(=O)NCCCN4CCOCC4)sc3nc2c1. The molecule has 26 heavy (non-hydrogen) atoms. The lowest BCUT2D eigenvalue weighted by Gasteiger charge is -2.26. The third-order valence-corrected chi connectivity index (χ3v) is 5.77. The quantitative estimate of drug-likeness (QED) is 0.702. The van der Waals surface area contributed by atoms with E-state index in [1.165, 1.54) is 16.9 Å². The van der Waals surface area contributed by atoms with Crippen LogP contribution in [0.15, 0.2) is 30.3 Å². The normalized spacial score (nSPS) is 15.6. The molecular weight excluding hydrogens is 346 g/mol. The Bertz CT molecular complexity index is 931. The fourth-order valence-electron chi connectivity index (χ4n) is 3.26. The van der Waals surface area contributed by atoms with E-state index in [1.54, 1.807) is 0 Å². The second-order valence-electron chi connectivity index (χ2n) is 6.75. The molecule has 0 unspecified atom stereocenters. The molecule has 0 radical (unpaired) electrons. The Morgan fingerprint density at radius 1 is 1.23 bits per heavy atom. The van der Waals surface area contributed by atoms with Crippen LogP contribution in [0, 0.1) is 6.92 Å². The highest BCUT2D eigenvalue weighted by molar-refractivity contribution is 7.20. The minimum absolute atomic E-state index is 0.00443. The van der Waals surface area contributed by atoms with Crippen LogP contribution in [0.3, 0.4) is 0 Å². The maximum absolute atomic E-state index is 12.5. The summed E-state index contributed by atoms with van der Waals surface area (Å²) in [5, 5.41) is 5.18. The van der Waals surface area contributed by atoms with Crippen molar-refractivity contribution in [2.24, 2.45) is 0 Å². The molecule has 2 aromatic heterocycles. The van der Waals surface area contributed by atoms with E-state index in [4.69, 9.17) is 9.72 Å². The van der Waals surface area contributed by atoms with Gasteiger partial charge in [0.05, 0.1) is 23.6 Å². The van der Waals surface area contributed by atoms with Gasteiger partial charge in [-0.05, 0) is 43.7 Å². The Balaban J connectivity index is 1.39. The van der Waals surface area contributed by atoms with Crippen LogP contribution in [-0.2, 0) is 4.74 Å². The van der Waals surface area contributed by atoms with Crippen LogP contribution in [0.1, 0.15) is 21.7 Å². The summed E-state index contributed by atoms with van der Waals surface area (Å²) in [5.41, 5.74) is 2.18. The Hall–Kier alpha value is -2.02. The van der Waals surface area contributed by atoms with Gasteiger partial charge in [0, 0.05) is 30.4 Å². The van der Waals surface area contributed by atoms with Crippen LogP contribution in [0.4, 0.5) is 0 Å². The summed E-state index contributed by atoms with van der Waals surface area (Å²) in [5.74, 6) is -0.00443. The Morgan fingerprint density at radius 3 is 2.92 bits per heavy atom. The summed E-state index contributed by atoms with van der Waals surface area (Å²) in [6.07, 6.45) is 0.956. The van der Waals surface area contributed by atoms with E-state index in [2.05, 4.69) is 41.4 Å². The van der Waals surface area contributed by atoms with Crippen LogP contribution < -0.4 is 5.32 Å². The fourth-order valence-corrected chi connectivity index (χ4v) is 4.20. The maximum atomic E-state index is 12.5. The first-order chi connectivity index (χ1) is 12.7. The van der Waals surface area contributed by atoms with Gasteiger partial charge in [0.15, 0.2) is 0 Å². The number of carbonyl (C=O) groups excluding carboxylic acids is 1. The minimum atomic E-state index is -0.00443. The smallest absolute Gasteiger partial charge is 0.261 e. The Kier molecular flexibility index (Phi) is 5.15. The lowest BCUT2D eigenvalue weighted by molar-refractivity contribution is 0.0374. The molecule has 0 spiro atoms. The van der Waals surface area contributed by atoms with E-state index in [9.17, 15) is 4.79 Å². The van der Waals surface area contributed by atoms with Crippen LogP contribution >= 0.6 is 11.3 Å².